The Labute approximate surface area is 248 Å². The molecule has 39 heavy (non-hydrogen) atoms. The minimum absolute atomic E-state index is 0.0325. The Morgan fingerprint density at radius 3 is 2.13 bits per heavy atom. The zero-order valence-electron chi connectivity index (χ0n) is 21.2. The Morgan fingerprint density at radius 2 is 1.54 bits per heavy atom. The molecule has 12 heteroatoms. The summed E-state index contributed by atoms with van der Waals surface area (Å²) in [6, 6.07) is 15.8. The van der Waals surface area contributed by atoms with E-state index >= 15 is 0 Å². The zero-order valence-corrected chi connectivity index (χ0v) is 25.0. The number of amides is 2. The first kappa shape index (κ1) is 31.0. The third kappa shape index (κ3) is 8.02. The Hall–Kier alpha value is -2.49. The number of carbonyl (C=O) groups is 2. The molecule has 7 nitrogen and oxygen atoms in total. The average molecular weight is 631 g/mol. The predicted molar refractivity (Wildman–Crippen MR) is 157 cm³/mol. The molecule has 0 unspecified atom stereocenters. The number of hydrogen-bond acceptors (Lipinski definition) is 4. The van der Waals surface area contributed by atoms with E-state index in [0.29, 0.717) is 28.6 Å². The van der Waals surface area contributed by atoms with Crippen LogP contribution in [0.3, 0.4) is 0 Å². The van der Waals surface area contributed by atoms with Gasteiger partial charge in [-0.05, 0) is 61.4 Å². The van der Waals surface area contributed by atoms with Crippen LogP contribution in [0.2, 0.25) is 20.1 Å². The lowest BCUT2D eigenvalue weighted by Gasteiger charge is -2.32. The minimum Gasteiger partial charge on any atom is -0.354 e. The summed E-state index contributed by atoms with van der Waals surface area (Å²) in [6.45, 7) is 3.20. The molecule has 3 aromatic carbocycles. The SMILES string of the molecule is CCCNC(=O)[C@@H](C)N(Cc1ccc(Cl)cc1Cl)C(=O)CN(c1cc(Cl)cc(Cl)c1)S(=O)(=O)c1ccccc1. The van der Waals surface area contributed by atoms with Crippen molar-refractivity contribution in [1.29, 1.82) is 0 Å². The quantitative estimate of drug-likeness (QED) is 0.264. The maximum atomic E-state index is 13.9. The molecule has 0 aliphatic rings. The van der Waals surface area contributed by atoms with Crippen molar-refractivity contribution >= 4 is 73.9 Å². The van der Waals surface area contributed by atoms with E-state index in [9.17, 15) is 18.0 Å². The minimum atomic E-state index is -4.24. The third-order valence-electron chi connectivity index (χ3n) is 5.82. The molecule has 0 aliphatic heterocycles. The molecule has 0 aromatic heterocycles. The van der Waals surface area contributed by atoms with Crippen LogP contribution < -0.4 is 9.62 Å². The molecule has 3 rings (SSSR count). The molecule has 0 bridgehead atoms. The topological polar surface area (TPSA) is 86.8 Å². The first-order valence-corrected chi connectivity index (χ1v) is 14.9. The maximum absolute atomic E-state index is 13.9. The smallest absolute Gasteiger partial charge is 0.264 e. The first-order chi connectivity index (χ1) is 18.4. The maximum Gasteiger partial charge on any atom is 0.264 e. The van der Waals surface area contributed by atoms with Gasteiger partial charge in [-0.1, -0.05) is 77.6 Å². The van der Waals surface area contributed by atoms with E-state index in [1.807, 2.05) is 6.92 Å². The lowest BCUT2D eigenvalue weighted by molar-refractivity contribution is -0.139. The predicted octanol–water partition coefficient (Wildman–Crippen LogP) is 6.44. The van der Waals surface area contributed by atoms with Gasteiger partial charge in [0.25, 0.3) is 10.0 Å². The molecule has 3 aromatic rings. The van der Waals surface area contributed by atoms with Crippen LogP contribution in [0.5, 0.6) is 0 Å². The van der Waals surface area contributed by atoms with Gasteiger partial charge in [-0.2, -0.15) is 0 Å². The van der Waals surface area contributed by atoms with Gasteiger partial charge in [0.15, 0.2) is 0 Å². The summed E-state index contributed by atoms with van der Waals surface area (Å²) in [7, 11) is -4.24. The number of benzene rings is 3. The van der Waals surface area contributed by atoms with Crippen LogP contribution in [0, 0.1) is 0 Å². The highest BCUT2D eigenvalue weighted by molar-refractivity contribution is 7.92. The standard InChI is InChI=1S/C27H27Cl4N3O4S/c1-3-11-32-27(36)18(2)33(16-19-9-10-20(28)15-25(19)31)26(35)17-34(23-13-21(29)12-22(30)14-23)39(37,38)24-7-5-4-6-8-24/h4-10,12-15,18H,3,11,16-17H2,1-2H3,(H,32,36)/t18-/m1/s1. The highest BCUT2D eigenvalue weighted by Gasteiger charge is 2.33. The van der Waals surface area contributed by atoms with Crippen LogP contribution in [-0.4, -0.2) is 44.3 Å². The van der Waals surface area contributed by atoms with Crippen LogP contribution >= 0.6 is 46.4 Å². The van der Waals surface area contributed by atoms with Crippen molar-refractivity contribution in [2.24, 2.45) is 0 Å². The van der Waals surface area contributed by atoms with Crippen LogP contribution in [0.1, 0.15) is 25.8 Å². The van der Waals surface area contributed by atoms with Crippen LogP contribution in [-0.2, 0) is 26.2 Å². The number of anilines is 1. The fourth-order valence-electron chi connectivity index (χ4n) is 3.74. The molecule has 2 amide bonds. The van der Waals surface area contributed by atoms with Gasteiger partial charge in [-0.3, -0.25) is 13.9 Å². The number of hydrogen-bond donors (Lipinski definition) is 1. The van der Waals surface area contributed by atoms with E-state index in [0.717, 1.165) is 4.31 Å². The van der Waals surface area contributed by atoms with Crippen molar-refractivity contribution in [3.63, 3.8) is 0 Å². The molecule has 0 aliphatic carbocycles. The first-order valence-electron chi connectivity index (χ1n) is 12.0. The Balaban J connectivity index is 2.06. The second-order valence-electron chi connectivity index (χ2n) is 8.68. The summed E-state index contributed by atoms with van der Waals surface area (Å²) in [6.07, 6.45) is 0.702. The highest BCUT2D eigenvalue weighted by atomic mass is 35.5. The largest absolute Gasteiger partial charge is 0.354 e. The Kier molecular flexibility index (Phi) is 10.9. The Morgan fingerprint density at radius 1 is 0.897 bits per heavy atom. The van der Waals surface area contributed by atoms with Gasteiger partial charge in [0.1, 0.15) is 12.6 Å². The van der Waals surface area contributed by atoms with Crippen molar-refractivity contribution in [3.05, 3.63) is 92.4 Å². The van der Waals surface area contributed by atoms with Gasteiger partial charge in [0.05, 0.1) is 10.6 Å². The third-order valence-corrected chi connectivity index (χ3v) is 8.63. The molecule has 0 spiro atoms. The van der Waals surface area contributed by atoms with Gasteiger partial charge >= 0.3 is 0 Å². The highest BCUT2D eigenvalue weighted by Crippen LogP contribution is 2.30. The van der Waals surface area contributed by atoms with Crippen molar-refractivity contribution in [2.75, 3.05) is 17.4 Å². The fraction of sp³-hybridized carbons (Fsp3) is 0.259. The molecule has 0 heterocycles. The summed E-state index contributed by atoms with van der Waals surface area (Å²) in [4.78, 5) is 28.0. The van der Waals surface area contributed by atoms with Gasteiger partial charge in [0.2, 0.25) is 11.8 Å². The summed E-state index contributed by atoms with van der Waals surface area (Å²) in [5.74, 6) is -1.03. The van der Waals surface area contributed by atoms with Crippen molar-refractivity contribution in [2.45, 2.75) is 37.8 Å². The average Bonchev–Trinajstić information content (AvgIpc) is 2.89. The number of rotatable bonds is 11. The van der Waals surface area contributed by atoms with Crippen LogP contribution in [0.15, 0.2) is 71.6 Å². The zero-order chi connectivity index (χ0) is 28.7. The van der Waals surface area contributed by atoms with Crippen LogP contribution in [0.25, 0.3) is 0 Å². The molecular weight excluding hydrogens is 604 g/mol. The van der Waals surface area contributed by atoms with Crippen molar-refractivity contribution in [1.82, 2.24) is 10.2 Å². The summed E-state index contributed by atoms with van der Waals surface area (Å²) in [5.41, 5.74) is 0.630. The molecule has 0 radical (unpaired) electrons. The Bertz CT molecular complexity index is 1420. The fourth-order valence-corrected chi connectivity index (χ4v) is 6.15. The second kappa shape index (κ2) is 13.7. The second-order valence-corrected chi connectivity index (χ2v) is 12.3. The molecule has 1 atom stereocenters. The molecular formula is C27H27Cl4N3O4S. The lowest BCUT2D eigenvalue weighted by atomic mass is 10.1. The molecule has 0 saturated heterocycles. The van der Waals surface area contributed by atoms with Gasteiger partial charge < -0.3 is 10.2 Å². The van der Waals surface area contributed by atoms with Crippen molar-refractivity contribution < 1.29 is 18.0 Å². The van der Waals surface area contributed by atoms with E-state index in [4.69, 9.17) is 46.4 Å². The summed E-state index contributed by atoms with van der Waals surface area (Å²) < 4.78 is 28.5. The normalized spacial score (nSPS) is 12.1. The summed E-state index contributed by atoms with van der Waals surface area (Å²) in [5, 5.41) is 3.87. The van der Waals surface area contributed by atoms with E-state index in [1.165, 1.54) is 41.3 Å². The summed E-state index contributed by atoms with van der Waals surface area (Å²) >= 11 is 24.8. The van der Waals surface area contributed by atoms with Gasteiger partial charge in [-0.15, -0.1) is 0 Å². The van der Waals surface area contributed by atoms with E-state index in [-0.39, 0.29) is 27.2 Å². The van der Waals surface area contributed by atoms with E-state index < -0.39 is 34.4 Å². The number of nitrogens with one attached hydrogen (secondary N) is 1. The van der Waals surface area contributed by atoms with E-state index in [2.05, 4.69) is 5.32 Å². The van der Waals surface area contributed by atoms with Gasteiger partial charge in [0, 0.05) is 33.2 Å². The van der Waals surface area contributed by atoms with E-state index in [1.54, 1.807) is 37.3 Å². The monoisotopic (exact) mass is 629 g/mol. The van der Waals surface area contributed by atoms with Crippen molar-refractivity contribution in [3.8, 4) is 0 Å². The molecule has 208 valence electrons. The van der Waals surface area contributed by atoms with Crippen LogP contribution in [0.4, 0.5) is 5.69 Å². The molecule has 0 saturated carbocycles. The number of nitrogens with zero attached hydrogens (tertiary/aromatic N) is 2. The van der Waals surface area contributed by atoms with Gasteiger partial charge in [-0.25, -0.2) is 8.42 Å². The number of halogens is 4. The molecule has 0 fully saturated rings. The number of carbonyl (C=O) groups excluding carboxylic acids is 2. The lowest BCUT2D eigenvalue weighted by Crippen LogP contribution is -2.51. The molecule has 1 N–H and O–H groups in total. The number of sulfonamides is 1.